The summed E-state index contributed by atoms with van der Waals surface area (Å²) < 4.78 is 15.0. The second kappa shape index (κ2) is 6.21. The highest BCUT2D eigenvalue weighted by Crippen LogP contribution is 2.10. The van der Waals surface area contributed by atoms with Crippen LogP contribution in [0.1, 0.15) is 0 Å². The molecule has 0 saturated heterocycles. The lowest BCUT2D eigenvalue weighted by molar-refractivity contribution is -0.0914. The topological polar surface area (TPSA) is 52.6 Å². The fraction of sp³-hybridized carbons (Fsp3) is 0.500. The van der Waals surface area contributed by atoms with Gasteiger partial charge in [0.2, 0.25) is 5.88 Å². The number of nitrogens with zero attached hydrogens (tertiary/aromatic N) is 1. The summed E-state index contributed by atoms with van der Waals surface area (Å²) in [6.07, 6.45) is 1.44. The van der Waals surface area contributed by atoms with E-state index in [0.29, 0.717) is 12.4 Å². The summed E-state index contributed by atoms with van der Waals surface area (Å²) in [7, 11) is 4.78. The average molecular weight is 212 g/mol. The number of nitrogens with one attached hydrogen (secondary N) is 1. The van der Waals surface area contributed by atoms with Crippen LogP contribution in [0.5, 0.6) is 5.88 Å². The minimum Gasteiger partial charge on any atom is -0.481 e. The molecule has 0 saturated carbocycles. The molecule has 5 nitrogen and oxygen atoms in total. The van der Waals surface area contributed by atoms with Gasteiger partial charge in [0.05, 0.1) is 25.5 Å². The van der Waals surface area contributed by atoms with Crippen molar-refractivity contribution in [3.05, 3.63) is 18.3 Å². The Morgan fingerprint density at radius 3 is 2.47 bits per heavy atom. The monoisotopic (exact) mass is 212 g/mol. The van der Waals surface area contributed by atoms with Crippen molar-refractivity contribution in [2.24, 2.45) is 0 Å². The highest BCUT2D eigenvalue weighted by atomic mass is 16.7. The predicted molar refractivity (Wildman–Crippen MR) is 57.1 cm³/mol. The summed E-state index contributed by atoms with van der Waals surface area (Å²) in [5.74, 6) is 0.593. The van der Waals surface area contributed by atoms with Gasteiger partial charge in [-0.3, -0.25) is 0 Å². The summed E-state index contributed by atoms with van der Waals surface area (Å²) >= 11 is 0. The Morgan fingerprint density at radius 2 is 2.00 bits per heavy atom. The third-order valence-corrected chi connectivity index (χ3v) is 1.94. The zero-order valence-corrected chi connectivity index (χ0v) is 9.19. The molecule has 0 atom stereocenters. The molecule has 15 heavy (non-hydrogen) atoms. The van der Waals surface area contributed by atoms with E-state index >= 15 is 0 Å². The second-order valence-electron chi connectivity index (χ2n) is 2.87. The van der Waals surface area contributed by atoms with Gasteiger partial charge >= 0.3 is 0 Å². The molecule has 0 aliphatic carbocycles. The highest BCUT2D eigenvalue weighted by molar-refractivity contribution is 5.41. The first kappa shape index (κ1) is 11.7. The van der Waals surface area contributed by atoms with Crippen molar-refractivity contribution in [2.45, 2.75) is 6.29 Å². The van der Waals surface area contributed by atoms with Crippen LogP contribution in [0.4, 0.5) is 5.69 Å². The molecule has 0 aromatic carbocycles. The lowest BCUT2D eigenvalue weighted by Crippen LogP contribution is -2.23. The van der Waals surface area contributed by atoms with Crippen LogP contribution in [0.2, 0.25) is 0 Å². The first-order valence-corrected chi connectivity index (χ1v) is 4.59. The maximum absolute atomic E-state index is 5.04. The van der Waals surface area contributed by atoms with E-state index in [9.17, 15) is 0 Å². The van der Waals surface area contributed by atoms with Gasteiger partial charge in [0.25, 0.3) is 0 Å². The Balaban J connectivity index is 2.43. The number of aromatic nitrogens is 1. The molecule has 0 amide bonds. The van der Waals surface area contributed by atoms with Gasteiger partial charge in [-0.2, -0.15) is 0 Å². The first-order chi connectivity index (χ1) is 7.30. The normalized spacial score (nSPS) is 10.4. The van der Waals surface area contributed by atoms with Crippen molar-refractivity contribution in [1.82, 2.24) is 4.98 Å². The number of anilines is 1. The molecule has 84 valence electrons. The van der Waals surface area contributed by atoms with Gasteiger partial charge in [0.1, 0.15) is 0 Å². The largest absolute Gasteiger partial charge is 0.481 e. The molecule has 0 aliphatic rings. The van der Waals surface area contributed by atoms with Crippen LogP contribution in [0.3, 0.4) is 0 Å². The summed E-state index contributed by atoms with van der Waals surface area (Å²) in [6.45, 7) is 0.570. The summed E-state index contributed by atoms with van der Waals surface area (Å²) in [6, 6.07) is 3.67. The van der Waals surface area contributed by atoms with Gasteiger partial charge < -0.3 is 19.5 Å². The van der Waals surface area contributed by atoms with Crippen molar-refractivity contribution in [1.29, 1.82) is 0 Å². The van der Waals surface area contributed by atoms with Crippen molar-refractivity contribution in [2.75, 3.05) is 33.2 Å². The van der Waals surface area contributed by atoms with Crippen LogP contribution in [-0.4, -0.2) is 39.1 Å². The van der Waals surface area contributed by atoms with E-state index in [2.05, 4.69) is 10.3 Å². The molecule has 5 heteroatoms. The molecule has 0 spiro atoms. The quantitative estimate of drug-likeness (QED) is 0.716. The first-order valence-electron chi connectivity index (χ1n) is 4.59. The van der Waals surface area contributed by atoms with E-state index in [1.54, 1.807) is 33.6 Å². The van der Waals surface area contributed by atoms with Gasteiger partial charge in [-0.25, -0.2) is 4.98 Å². The number of hydrogen-bond donors (Lipinski definition) is 1. The fourth-order valence-electron chi connectivity index (χ4n) is 1.07. The van der Waals surface area contributed by atoms with Crippen molar-refractivity contribution < 1.29 is 14.2 Å². The molecule has 1 N–H and O–H groups in total. The smallest absolute Gasteiger partial charge is 0.213 e. The predicted octanol–water partition coefficient (Wildman–Crippen LogP) is 1.12. The van der Waals surface area contributed by atoms with Crippen LogP contribution in [-0.2, 0) is 9.47 Å². The van der Waals surface area contributed by atoms with Gasteiger partial charge in [-0.15, -0.1) is 0 Å². The fourth-order valence-corrected chi connectivity index (χ4v) is 1.07. The number of rotatable bonds is 6. The molecule has 1 heterocycles. The molecule has 1 aromatic rings. The van der Waals surface area contributed by atoms with E-state index < -0.39 is 0 Å². The minimum absolute atomic E-state index is 0.257. The number of ether oxygens (including phenoxy) is 3. The highest BCUT2D eigenvalue weighted by Gasteiger charge is 2.04. The lowest BCUT2D eigenvalue weighted by atomic mass is 10.4. The molecule has 1 aromatic heterocycles. The Hall–Kier alpha value is -1.33. The number of pyridine rings is 1. The maximum Gasteiger partial charge on any atom is 0.213 e. The standard InChI is InChI=1S/C10H16N2O3/c1-13-9-5-4-8(6-12-9)11-7-10(14-2)15-3/h4-6,10-11H,7H2,1-3H3. The second-order valence-corrected chi connectivity index (χ2v) is 2.87. The zero-order chi connectivity index (χ0) is 11.1. The van der Waals surface area contributed by atoms with Crippen LogP contribution in [0.15, 0.2) is 18.3 Å². The molecule has 0 aliphatic heterocycles. The van der Waals surface area contributed by atoms with Crippen molar-refractivity contribution in [3.8, 4) is 5.88 Å². The third-order valence-electron chi connectivity index (χ3n) is 1.94. The van der Waals surface area contributed by atoms with Crippen molar-refractivity contribution in [3.63, 3.8) is 0 Å². The Labute approximate surface area is 89.4 Å². The van der Waals surface area contributed by atoms with Crippen LogP contribution < -0.4 is 10.1 Å². The van der Waals surface area contributed by atoms with E-state index in [0.717, 1.165) is 5.69 Å². The van der Waals surface area contributed by atoms with Crippen LogP contribution in [0, 0.1) is 0 Å². The van der Waals surface area contributed by atoms with Gasteiger partial charge in [0, 0.05) is 20.3 Å². The Morgan fingerprint density at radius 1 is 1.27 bits per heavy atom. The maximum atomic E-state index is 5.04. The number of methoxy groups -OCH3 is 3. The SMILES string of the molecule is COc1ccc(NCC(OC)OC)cn1. The van der Waals surface area contributed by atoms with Crippen LogP contribution >= 0.6 is 0 Å². The summed E-state index contributed by atoms with van der Waals surface area (Å²) in [4.78, 5) is 4.06. The molecule has 0 fully saturated rings. The van der Waals surface area contributed by atoms with E-state index in [-0.39, 0.29) is 6.29 Å². The van der Waals surface area contributed by atoms with E-state index in [1.807, 2.05) is 6.07 Å². The van der Waals surface area contributed by atoms with Crippen LogP contribution in [0.25, 0.3) is 0 Å². The van der Waals surface area contributed by atoms with E-state index in [4.69, 9.17) is 14.2 Å². The molecule has 0 bridgehead atoms. The molecule has 1 rings (SSSR count). The lowest BCUT2D eigenvalue weighted by Gasteiger charge is -2.14. The minimum atomic E-state index is -0.257. The average Bonchev–Trinajstić information content (AvgIpc) is 2.31. The van der Waals surface area contributed by atoms with E-state index in [1.165, 1.54) is 0 Å². The van der Waals surface area contributed by atoms with Gasteiger partial charge in [-0.1, -0.05) is 0 Å². The Bertz CT molecular complexity index is 273. The molecular formula is C10H16N2O3. The Kier molecular flexibility index (Phi) is 4.86. The molecule has 0 radical (unpaired) electrons. The molecular weight excluding hydrogens is 196 g/mol. The van der Waals surface area contributed by atoms with Gasteiger partial charge in [-0.05, 0) is 6.07 Å². The van der Waals surface area contributed by atoms with Gasteiger partial charge in [0.15, 0.2) is 6.29 Å². The summed E-state index contributed by atoms with van der Waals surface area (Å²) in [5.41, 5.74) is 0.898. The summed E-state index contributed by atoms with van der Waals surface area (Å²) in [5, 5.41) is 3.13. The zero-order valence-electron chi connectivity index (χ0n) is 9.19. The van der Waals surface area contributed by atoms with Crippen molar-refractivity contribution >= 4 is 5.69 Å². The third kappa shape index (κ3) is 3.73. The number of hydrogen-bond acceptors (Lipinski definition) is 5. The molecule has 0 unspecified atom stereocenters.